The second-order valence-electron chi connectivity index (χ2n) is 4.66. The lowest BCUT2D eigenvalue weighted by molar-refractivity contribution is -0.142. The minimum atomic E-state index is -1.07. The summed E-state index contributed by atoms with van der Waals surface area (Å²) < 4.78 is 24.6. The van der Waals surface area contributed by atoms with Gasteiger partial charge in [0, 0.05) is 29.3 Å². The quantitative estimate of drug-likeness (QED) is 0.718. The Bertz CT molecular complexity index is 715. The Labute approximate surface area is 135 Å². The van der Waals surface area contributed by atoms with Crippen molar-refractivity contribution >= 4 is 33.3 Å². The molecular formula is C15H16FNO5S. The Morgan fingerprint density at radius 3 is 2.87 bits per heavy atom. The van der Waals surface area contributed by atoms with Crippen LogP contribution in [0.3, 0.4) is 0 Å². The Morgan fingerprint density at radius 1 is 1.39 bits per heavy atom. The lowest BCUT2D eigenvalue weighted by Crippen LogP contribution is -2.28. The van der Waals surface area contributed by atoms with Crippen LogP contribution in [0.15, 0.2) is 18.2 Å². The number of carboxylic acid groups (broad SMARTS) is 1. The Kier molecular flexibility index (Phi) is 6.03. The van der Waals surface area contributed by atoms with Crippen molar-refractivity contribution < 1.29 is 28.6 Å². The molecule has 0 aliphatic carbocycles. The van der Waals surface area contributed by atoms with Crippen molar-refractivity contribution in [1.82, 2.24) is 5.32 Å². The van der Waals surface area contributed by atoms with Gasteiger partial charge in [0.15, 0.2) is 0 Å². The van der Waals surface area contributed by atoms with E-state index < -0.39 is 18.4 Å². The predicted octanol–water partition coefficient (Wildman–Crippen LogP) is 2.02. The molecule has 2 aromatic rings. The van der Waals surface area contributed by atoms with E-state index in [0.717, 1.165) is 0 Å². The Morgan fingerprint density at radius 2 is 2.17 bits per heavy atom. The van der Waals surface area contributed by atoms with Gasteiger partial charge < -0.3 is 19.9 Å². The average Bonchev–Trinajstić information content (AvgIpc) is 2.87. The number of halogens is 1. The summed E-state index contributed by atoms with van der Waals surface area (Å²) in [7, 11) is 1.48. The summed E-state index contributed by atoms with van der Waals surface area (Å²) in [6.07, 6.45) is 0. The third kappa shape index (κ3) is 4.25. The van der Waals surface area contributed by atoms with Crippen LogP contribution in [0.5, 0.6) is 0 Å². The first-order chi connectivity index (χ1) is 11.0. The fraction of sp³-hybridized carbons (Fsp3) is 0.333. The second-order valence-corrected chi connectivity index (χ2v) is 5.71. The number of amides is 1. The van der Waals surface area contributed by atoms with Crippen molar-refractivity contribution in [3.05, 3.63) is 34.5 Å². The van der Waals surface area contributed by atoms with Gasteiger partial charge in [0.25, 0.3) is 5.91 Å². The molecular weight excluding hydrogens is 325 g/mol. The van der Waals surface area contributed by atoms with Gasteiger partial charge in [0.2, 0.25) is 0 Å². The van der Waals surface area contributed by atoms with E-state index in [-0.39, 0.29) is 25.7 Å². The highest BCUT2D eigenvalue weighted by molar-refractivity contribution is 7.21. The molecule has 0 atom stereocenters. The molecule has 0 saturated heterocycles. The van der Waals surface area contributed by atoms with Crippen molar-refractivity contribution in [3.63, 3.8) is 0 Å². The fourth-order valence-electron chi connectivity index (χ4n) is 2.11. The number of carboxylic acids is 1. The van der Waals surface area contributed by atoms with Crippen molar-refractivity contribution in [3.8, 4) is 0 Å². The zero-order chi connectivity index (χ0) is 16.8. The topological polar surface area (TPSA) is 84.9 Å². The minimum Gasteiger partial charge on any atom is -0.480 e. The first kappa shape index (κ1) is 17.3. The lowest BCUT2D eigenvalue weighted by Gasteiger charge is -2.06. The molecule has 0 aliphatic heterocycles. The molecule has 2 N–H and O–H groups in total. The molecule has 1 heterocycles. The van der Waals surface area contributed by atoms with Crippen molar-refractivity contribution in [2.45, 2.75) is 6.61 Å². The summed E-state index contributed by atoms with van der Waals surface area (Å²) in [6.45, 7) is -0.0513. The third-order valence-electron chi connectivity index (χ3n) is 3.02. The monoisotopic (exact) mass is 341 g/mol. The summed E-state index contributed by atoms with van der Waals surface area (Å²) in [5.74, 6) is -1.83. The molecule has 0 spiro atoms. The van der Waals surface area contributed by atoms with Crippen molar-refractivity contribution in [2.75, 3.05) is 26.9 Å². The highest BCUT2D eigenvalue weighted by atomic mass is 32.1. The summed E-state index contributed by atoms with van der Waals surface area (Å²) in [5.41, 5.74) is 0.509. The number of ether oxygens (including phenoxy) is 2. The Balaban J connectivity index is 2.12. The van der Waals surface area contributed by atoms with Gasteiger partial charge in [-0.3, -0.25) is 4.79 Å². The molecule has 8 heteroatoms. The molecule has 1 aromatic carbocycles. The van der Waals surface area contributed by atoms with E-state index in [1.807, 2.05) is 0 Å². The van der Waals surface area contributed by atoms with Crippen LogP contribution in [0.25, 0.3) is 10.1 Å². The van der Waals surface area contributed by atoms with Gasteiger partial charge in [-0.15, -0.1) is 11.3 Å². The molecule has 0 fully saturated rings. The van der Waals surface area contributed by atoms with Gasteiger partial charge in [-0.25, -0.2) is 9.18 Å². The molecule has 1 amide bonds. The van der Waals surface area contributed by atoms with Crippen LogP contribution >= 0.6 is 11.3 Å². The van der Waals surface area contributed by atoms with E-state index in [2.05, 4.69) is 5.32 Å². The highest BCUT2D eigenvalue weighted by Crippen LogP contribution is 2.33. The maximum absolute atomic E-state index is 14.0. The number of carbonyl (C=O) groups excluding carboxylic acids is 1. The summed E-state index contributed by atoms with van der Waals surface area (Å²) in [5, 5.41) is 11.5. The van der Waals surface area contributed by atoms with Crippen LogP contribution in [0.4, 0.5) is 4.39 Å². The van der Waals surface area contributed by atoms with E-state index in [4.69, 9.17) is 14.6 Å². The third-order valence-corrected chi connectivity index (χ3v) is 4.21. The number of hydrogen-bond acceptors (Lipinski definition) is 5. The van der Waals surface area contributed by atoms with Crippen molar-refractivity contribution in [1.29, 1.82) is 0 Å². The molecule has 124 valence electrons. The first-order valence-corrected chi connectivity index (χ1v) is 7.62. The number of thiophene rings is 1. The second kappa shape index (κ2) is 8.00. The molecule has 0 aliphatic rings. The number of nitrogens with one attached hydrogen (secondary N) is 1. The molecule has 0 bridgehead atoms. The zero-order valence-corrected chi connectivity index (χ0v) is 13.2. The van der Waals surface area contributed by atoms with E-state index in [1.54, 1.807) is 12.1 Å². The molecule has 23 heavy (non-hydrogen) atoms. The number of benzene rings is 1. The number of aliphatic carboxylic acids is 1. The Hall–Kier alpha value is -2.03. The lowest BCUT2D eigenvalue weighted by atomic mass is 10.1. The largest absolute Gasteiger partial charge is 0.480 e. The van der Waals surface area contributed by atoms with Crippen LogP contribution in [0, 0.1) is 5.82 Å². The number of hydrogen-bond donors (Lipinski definition) is 2. The fourth-order valence-corrected chi connectivity index (χ4v) is 3.25. The zero-order valence-electron chi connectivity index (χ0n) is 12.4. The van der Waals surface area contributed by atoms with E-state index in [9.17, 15) is 14.0 Å². The average molecular weight is 341 g/mol. The van der Waals surface area contributed by atoms with E-state index >= 15 is 0 Å². The number of carbonyl (C=O) groups is 2. The van der Waals surface area contributed by atoms with Crippen molar-refractivity contribution in [2.24, 2.45) is 0 Å². The predicted molar refractivity (Wildman–Crippen MR) is 83.3 cm³/mol. The van der Waals surface area contributed by atoms with Crippen LogP contribution in [-0.4, -0.2) is 43.9 Å². The molecule has 0 unspecified atom stereocenters. The molecule has 0 radical (unpaired) electrons. The number of rotatable bonds is 8. The number of methoxy groups -OCH3 is 1. The van der Waals surface area contributed by atoms with Crippen LogP contribution in [-0.2, 0) is 20.9 Å². The van der Waals surface area contributed by atoms with E-state index in [1.165, 1.54) is 24.5 Å². The summed E-state index contributed by atoms with van der Waals surface area (Å²) in [4.78, 5) is 23.0. The van der Waals surface area contributed by atoms with Gasteiger partial charge in [0.1, 0.15) is 12.4 Å². The molecule has 0 saturated carbocycles. The summed E-state index contributed by atoms with van der Waals surface area (Å²) >= 11 is 1.19. The first-order valence-electron chi connectivity index (χ1n) is 6.81. The summed E-state index contributed by atoms with van der Waals surface area (Å²) in [6, 6.07) is 4.68. The normalized spacial score (nSPS) is 10.9. The van der Waals surface area contributed by atoms with Crippen LogP contribution in [0.2, 0.25) is 0 Å². The number of fused-ring (bicyclic) bond motifs is 1. The maximum Gasteiger partial charge on any atom is 0.329 e. The highest BCUT2D eigenvalue weighted by Gasteiger charge is 2.20. The minimum absolute atomic E-state index is 0.0803. The smallest absolute Gasteiger partial charge is 0.329 e. The van der Waals surface area contributed by atoms with Gasteiger partial charge in [0.05, 0.1) is 18.1 Å². The SMILES string of the molecule is COCc1c(C(=O)NCCOCC(=O)O)sc2cccc(F)c12. The molecule has 6 nitrogen and oxygen atoms in total. The van der Waals surface area contributed by atoms with Crippen LogP contribution in [0.1, 0.15) is 15.2 Å². The van der Waals surface area contributed by atoms with Gasteiger partial charge in [-0.2, -0.15) is 0 Å². The standard InChI is InChI=1S/C15H16FNO5S/c1-21-7-9-13-10(16)3-2-4-11(13)23-14(9)15(20)17-5-6-22-8-12(18)19/h2-4H,5-8H2,1H3,(H,17,20)(H,18,19). The van der Waals surface area contributed by atoms with Gasteiger partial charge in [-0.05, 0) is 12.1 Å². The molecule has 1 aromatic heterocycles. The van der Waals surface area contributed by atoms with E-state index in [0.29, 0.717) is 20.5 Å². The maximum atomic E-state index is 14.0. The van der Waals surface area contributed by atoms with Gasteiger partial charge in [-0.1, -0.05) is 6.07 Å². The van der Waals surface area contributed by atoms with Gasteiger partial charge >= 0.3 is 5.97 Å². The van der Waals surface area contributed by atoms with Crippen LogP contribution < -0.4 is 5.32 Å². The molecule has 2 rings (SSSR count).